The van der Waals surface area contributed by atoms with Crippen LogP contribution in [-0.4, -0.2) is 7.11 Å². The maximum Gasteiger partial charge on any atom is 0.133 e. The lowest BCUT2D eigenvalue weighted by atomic mass is 10.1. The molecule has 0 saturated carbocycles. The van der Waals surface area contributed by atoms with E-state index >= 15 is 0 Å². The van der Waals surface area contributed by atoms with E-state index in [1.807, 2.05) is 30.3 Å². The Morgan fingerprint density at radius 2 is 1.93 bits per heavy atom. The van der Waals surface area contributed by atoms with E-state index in [1.54, 1.807) is 7.11 Å². The molecule has 0 aliphatic rings. The van der Waals surface area contributed by atoms with Gasteiger partial charge in [-0.2, -0.15) is 0 Å². The minimum absolute atomic E-state index is 0.728. The van der Waals surface area contributed by atoms with Gasteiger partial charge in [-0.25, -0.2) is 0 Å². The summed E-state index contributed by atoms with van der Waals surface area (Å²) >= 11 is 9.42. The van der Waals surface area contributed by atoms with Gasteiger partial charge in [0, 0.05) is 10.4 Å². The number of methoxy groups -OCH3 is 1. The summed E-state index contributed by atoms with van der Waals surface area (Å²) in [6.45, 7) is 0. The molecule has 14 heavy (non-hydrogen) atoms. The zero-order valence-corrected chi connectivity index (χ0v) is 9.89. The molecule has 72 valence electrons. The van der Waals surface area contributed by atoms with Crippen molar-refractivity contribution in [1.82, 2.24) is 0 Å². The molecule has 0 aliphatic carbocycles. The Kier molecular flexibility index (Phi) is 2.66. The minimum Gasteiger partial charge on any atom is -0.496 e. The molecule has 0 aliphatic heterocycles. The Morgan fingerprint density at radius 1 is 1.21 bits per heavy atom. The van der Waals surface area contributed by atoms with Crippen molar-refractivity contribution in [1.29, 1.82) is 0 Å². The first-order valence-electron chi connectivity index (χ1n) is 4.14. The van der Waals surface area contributed by atoms with Gasteiger partial charge >= 0.3 is 0 Å². The highest BCUT2D eigenvalue weighted by Gasteiger charge is 2.05. The third-order valence-corrected chi connectivity index (χ3v) is 3.16. The van der Waals surface area contributed by atoms with Gasteiger partial charge in [0.25, 0.3) is 0 Å². The van der Waals surface area contributed by atoms with Gasteiger partial charge in [0.2, 0.25) is 0 Å². The Bertz CT molecular complexity index is 482. The summed E-state index contributed by atoms with van der Waals surface area (Å²) in [6.07, 6.45) is 0. The van der Waals surface area contributed by atoms with Gasteiger partial charge in [-0.05, 0) is 39.5 Å². The molecule has 0 atom stereocenters. The van der Waals surface area contributed by atoms with E-state index in [4.69, 9.17) is 16.3 Å². The first-order chi connectivity index (χ1) is 6.72. The summed E-state index contributed by atoms with van der Waals surface area (Å²) in [4.78, 5) is 0. The molecule has 3 heteroatoms. The van der Waals surface area contributed by atoms with Crippen molar-refractivity contribution in [2.24, 2.45) is 0 Å². The Labute approximate surface area is 95.8 Å². The summed E-state index contributed by atoms with van der Waals surface area (Å²) < 4.78 is 6.15. The number of halogens is 2. The van der Waals surface area contributed by atoms with E-state index in [-0.39, 0.29) is 0 Å². The highest BCUT2D eigenvalue weighted by atomic mass is 79.9. The van der Waals surface area contributed by atoms with E-state index in [2.05, 4.69) is 15.9 Å². The summed E-state index contributed by atoms with van der Waals surface area (Å²) in [5.74, 6) is 0.819. The Morgan fingerprint density at radius 3 is 2.64 bits per heavy atom. The van der Waals surface area contributed by atoms with Gasteiger partial charge in [0.05, 0.1) is 11.6 Å². The summed E-state index contributed by atoms with van der Waals surface area (Å²) in [6, 6.07) is 9.73. The fourth-order valence-electron chi connectivity index (χ4n) is 1.39. The van der Waals surface area contributed by atoms with Crippen molar-refractivity contribution in [2.75, 3.05) is 7.11 Å². The molecule has 2 rings (SSSR count). The van der Waals surface area contributed by atoms with Crippen molar-refractivity contribution in [3.05, 3.63) is 39.8 Å². The fourth-order valence-corrected chi connectivity index (χ4v) is 2.20. The quantitative estimate of drug-likeness (QED) is 0.753. The normalized spacial score (nSPS) is 10.5. The summed E-state index contributed by atoms with van der Waals surface area (Å²) in [5, 5.41) is 2.94. The zero-order chi connectivity index (χ0) is 10.1. The molecule has 0 bridgehead atoms. The smallest absolute Gasteiger partial charge is 0.133 e. The minimum atomic E-state index is 0.728. The van der Waals surface area contributed by atoms with Crippen LogP contribution in [-0.2, 0) is 0 Å². The molecular formula is C11H8BrClO. The second-order valence-corrected chi connectivity index (χ2v) is 4.18. The molecule has 0 fully saturated rings. The van der Waals surface area contributed by atoms with E-state index in [9.17, 15) is 0 Å². The molecule has 0 radical (unpaired) electrons. The highest BCUT2D eigenvalue weighted by Crippen LogP contribution is 2.34. The lowest BCUT2D eigenvalue weighted by Gasteiger charge is -2.06. The molecular weight excluding hydrogens is 263 g/mol. The Hall–Kier alpha value is -0.730. The van der Waals surface area contributed by atoms with Gasteiger partial charge < -0.3 is 4.74 Å². The molecule has 0 unspecified atom stereocenters. The molecule has 0 spiro atoms. The van der Waals surface area contributed by atoms with Crippen LogP contribution >= 0.6 is 27.5 Å². The number of fused-ring (bicyclic) bond motifs is 1. The largest absolute Gasteiger partial charge is 0.496 e. The van der Waals surface area contributed by atoms with Gasteiger partial charge in [-0.3, -0.25) is 0 Å². The predicted octanol–water partition coefficient (Wildman–Crippen LogP) is 4.26. The summed E-state index contributed by atoms with van der Waals surface area (Å²) in [7, 11) is 1.65. The average molecular weight is 272 g/mol. The SMILES string of the molecule is COc1ccc2ccc(Cl)cc2c1Br. The highest BCUT2D eigenvalue weighted by molar-refractivity contribution is 9.10. The van der Waals surface area contributed by atoms with Crippen molar-refractivity contribution in [3.8, 4) is 5.75 Å². The van der Waals surface area contributed by atoms with Gasteiger partial charge in [-0.1, -0.05) is 23.7 Å². The van der Waals surface area contributed by atoms with E-state index < -0.39 is 0 Å². The van der Waals surface area contributed by atoms with Crippen LogP contribution in [0.25, 0.3) is 10.8 Å². The van der Waals surface area contributed by atoms with Gasteiger partial charge in [-0.15, -0.1) is 0 Å². The molecule has 2 aromatic carbocycles. The van der Waals surface area contributed by atoms with Crippen LogP contribution in [0.4, 0.5) is 0 Å². The standard InChI is InChI=1S/C11H8BrClO/c1-14-10-5-3-7-2-4-8(13)6-9(7)11(10)12/h2-6H,1H3. The lowest BCUT2D eigenvalue weighted by molar-refractivity contribution is 0.413. The van der Waals surface area contributed by atoms with Crippen molar-refractivity contribution >= 4 is 38.3 Å². The van der Waals surface area contributed by atoms with Gasteiger partial charge in [0.1, 0.15) is 5.75 Å². The van der Waals surface area contributed by atoms with Crippen molar-refractivity contribution in [3.63, 3.8) is 0 Å². The first-order valence-corrected chi connectivity index (χ1v) is 5.31. The fraction of sp³-hybridized carbons (Fsp3) is 0.0909. The van der Waals surface area contributed by atoms with Crippen LogP contribution in [0.5, 0.6) is 5.75 Å². The number of hydrogen-bond donors (Lipinski definition) is 0. The van der Waals surface area contributed by atoms with Crippen LogP contribution in [0.1, 0.15) is 0 Å². The van der Waals surface area contributed by atoms with Gasteiger partial charge in [0.15, 0.2) is 0 Å². The molecule has 0 saturated heterocycles. The maximum absolute atomic E-state index is 5.92. The monoisotopic (exact) mass is 270 g/mol. The van der Waals surface area contributed by atoms with E-state index in [0.717, 1.165) is 26.0 Å². The van der Waals surface area contributed by atoms with E-state index in [1.165, 1.54) is 0 Å². The summed E-state index contributed by atoms with van der Waals surface area (Å²) in [5.41, 5.74) is 0. The van der Waals surface area contributed by atoms with Crippen LogP contribution in [0.3, 0.4) is 0 Å². The topological polar surface area (TPSA) is 9.23 Å². The van der Waals surface area contributed by atoms with Crippen molar-refractivity contribution < 1.29 is 4.74 Å². The number of ether oxygens (including phenoxy) is 1. The van der Waals surface area contributed by atoms with Crippen LogP contribution in [0.15, 0.2) is 34.8 Å². The third-order valence-electron chi connectivity index (χ3n) is 2.10. The average Bonchev–Trinajstić information content (AvgIpc) is 2.20. The second-order valence-electron chi connectivity index (χ2n) is 2.95. The molecule has 1 nitrogen and oxygen atoms in total. The molecule has 0 N–H and O–H groups in total. The van der Waals surface area contributed by atoms with E-state index in [0.29, 0.717) is 0 Å². The second kappa shape index (κ2) is 3.79. The number of hydrogen-bond acceptors (Lipinski definition) is 1. The first kappa shape index (κ1) is 9.81. The Balaban J connectivity index is 2.79. The lowest BCUT2D eigenvalue weighted by Crippen LogP contribution is -1.85. The van der Waals surface area contributed by atoms with Crippen LogP contribution in [0.2, 0.25) is 5.02 Å². The maximum atomic E-state index is 5.92. The van der Waals surface area contributed by atoms with Crippen molar-refractivity contribution in [2.45, 2.75) is 0 Å². The van der Waals surface area contributed by atoms with Crippen LogP contribution < -0.4 is 4.74 Å². The number of benzene rings is 2. The predicted molar refractivity (Wildman–Crippen MR) is 63.2 cm³/mol. The third kappa shape index (κ3) is 1.60. The molecule has 0 amide bonds. The molecule has 0 aromatic heterocycles. The molecule has 0 heterocycles. The zero-order valence-electron chi connectivity index (χ0n) is 7.55. The number of rotatable bonds is 1. The van der Waals surface area contributed by atoms with Crippen LogP contribution in [0, 0.1) is 0 Å². The molecule has 2 aromatic rings.